The van der Waals surface area contributed by atoms with Crippen LogP contribution in [0.15, 0.2) is 0 Å². The number of alkyl halides is 4. The fourth-order valence-corrected chi connectivity index (χ4v) is 14.9. The zero-order valence-electron chi connectivity index (χ0n) is 55.5. The number of carbonyl (C=O) groups is 11. The van der Waals surface area contributed by atoms with Crippen LogP contribution >= 0.6 is 11.6 Å². The van der Waals surface area contributed by atoms with Gasteiger partial charge in [-0.1, -0.05) is 79.1 Å². The van der Waals surface area contributed by atoms with Crippen LogP contribution in [0.5, 0.6) is 0 Å². The molecule has 1 spiro atoms. The van der Waals surface area contributed by atoms with Gasteiger partial charge in [0.15, 0.2) is 0 Å². The lowest BCUT2D eigenvalue weighted by Gasteiger charge is -2.45. The summed E-state index contributed by atoms with van der Waals surface area (Å²) in [5, 5.41) is 7.50. The molecule has 22 nitrogen and oxygen atoms in total. The van der Waals surface area contributed by atoms with E-state index >= 15 is 9.59 Å². The van der Waals surface area contributed by atoms with E-state index in [0.717, 1.165) is 32.1 Å². The van der Waals surface area contributed by atoms with Crippen LogP contribution in [-0.2, 0) is 52.7 Å². The quantitative estimate of drug-likeness (QED) is 0.271. The summed E-state index contributed by atoms with van der Waals surface area (Å²) in [6, 6.07) is -9.62. The van der Waals surface area contributed by atoms with Gasteiger partial charge in [0.2, 0.25) is 65.0 Å². The summed E-state index contributed by atoms with van der Waals surface area (Å²) in [4.78, 5) is 171. The van der Waals surface area contributed by atoms with Gasteiger partial charge in [0.25, 0.3) is 0 Å². The molecule has 3 saturated heterocycles. The highest BCUT2D eigenvalue weighted by molar-refractivity contribution is 6.20. The monoisotopic (exact) mass is 1290 g/mol. The fourth-order valence-electron chi connectivity index (χ4n) is 14.4. The maximum Gasteiger partial charge on any atom is 0.393 e. The first-order valence-corrected chi connectivity index (χ1v) is 33.4. The maximum absolute atomic E-state index is 15.1. The molecule has 0 aromatic rings. The van der Waals surface area contributed by atoms with Crippen molar-refractivity contribution in [3.63, 3.8) is 0 Å². The first-order chi connectivity index (χ1) is 42.2. The number of fused-ring (bicyclic) bond motifs is 2. The van der Waals surface area contributed by atoms with Gasteiger partial charge in [-0.05, 0) is 115 Å². The van der Waals surface area contributed by atoms with Crippen molar-refractivity contribution in [1.29, 1.82) is 0 Å². The number of amides is 11. The zero-order chi connectivity index (χ0) is 67.0. The maximum atomic E-state index is 15.1. The normalized spacial score (nSPS) is 32.0. The predicted molar refractivity (Wildman–Crippen MR) is 331 cm³/mol. The molecule has 0 aromatic carbocycles. The topological polar surface area (TPSA) is 250 Å². The van der Waals surface area contributed by atoms with Gasteiger partial charge < -0.3 is 55.1 Å². The summed E-state index contributed by atoms with van der Waals surface area (Å²) >= 11 is 6.37. The molecule has 0 aromatic heterocycles. The number of halogens is 4. The lowest BCUT2D eigenvalue weighted by atomic mass is 9.78. The molecule has 6 rings (SSSR count). The Kier molecular flexibility index (Phi) is 25.5. The molecule has 90 heavy (non-hydrogen) atoms. The van der Waals surface area contributed by atoms with Crippen molar-refractivity contribution in [2.45, 2.75) is 248 Å². The van der Waals surface area contributed by atoms with Crippen molar-refractivity contribution >= 4 is 76.6 Å². The molecule has 3 aliphatic carbocycles. The molecule has 3 unspecified atom stereocenters. The largest absolute Gasteiger partial charge is 0.393 e. The van der Waals surface area contributed by atoms with E-state index < -0.39 is 161 Å². The Morgan fingerprint density at radius 1 is 0.600 bits per heavy atom. The van der Waals surface area contributed by atoms with Gasteiger partial charge in [0, 0.05) is 73.2 Å². The highest BCUT2D eigenvalue weighted by Gasteiger charge is 2.52. The van der Waals surface area contributed by atoms with Gasteiger partial charge in [0.05, 0.1) is 12.5 Å². The molecule has 11 amide bonds. The van der Waals surface area contributed by atoms with E-state index in [0.29, 0.717) is 25.7 Å². The summed E-state index contributed by atoms with van der Waals surface area (Å²) in [6.45, 7) is 11.6. The van der Waals surface area contributed by atoms with Crippen LogP contribution < -0.4 is 16.0 Å². The second-order valence-corrected chi connectivity index (χ2v) is 28.1. The molecule has 3 N–H and O–H groups in total. The number of carbonyl (C=O) groups excluding carboxylic acids is 11. The zero-order valence-corrected chi connectivity index (χ0v) is 56.3. The number of nitrogens with one attached hydrogen (secondary N) is 3. The van der Waals surface area contributed by atoms with Crippen molar-refractivity contribution in [2.75, 3.05) is 61.9 Å². The molecule has 3 heterocycles. The van der Waals surface area contributed by atoms with Gasteiger partial charge in [-0.3, -0.25) is 52.7 Å². The Bertz CT molecular complexity index is 2620. The molecule has 13 atom stereocenters. The third-order valence-electron chi connectivity index (χ3n) is 21.1. The number of rotatable bonds is 8. The molecule has 0 radical (unpaired) electrons. The standard InChI is InChI=1S/C64H103ClF3N11O11/c1-14-38(4)52-60(88)75(11)41(7)56(84)79-32-28-48(79)59(87)76(12)49(35-42-21-16-15-17-22-42)58(86)72(8)36-50(80)69-46(27-25-43-24-26-44(45(65)34-43)64(66,67)68)57(85)78-31-20-23-47(78)55(83)71-63(29-18-19-30-63)62(90)77(13)53(37(2)3)61(89)73(9)39(5)33-51(81)74(10)40(6)54(82)70-52/h37-49,52-53H,14-36H2,1-13H3,(H,69,80)(H,70,82)(H,71,83)/t38-,39+,40-,41-,43?,44?,45?,46-,47-,48-,49-,52-,53-/m0/s1. The molecule has 3 saturated carbocycles. The predicted octanol–water partition coefficient (Wildman–Crippen LogP) is 5.07. The second-order valence-electron chi connectivity index (χ2n) is 27.5. The molecular formula is C64H103ClF3N11O11. The molecule has 0 bridgehead atoms. The summed E-state index contributed by atoms with van der Waals surface area (Å²) in [7, 11) is 8.82. The fraction of sp³-hybridized carbons (Fsp3) is 0.828. The van der Waals surface area contributed by atoms with Crippen LogP contribution in [-0.4, -0.2) is 238 Å². The summed E-state index contributed by atoms with van der Waals surface area (Å²) in [5.74, 6) is -9.18. The van der Waals surface area contributed by atoms with E-state index in [1.54, 1.807) is 27.7 Å². The summed E-state index contributed by atoms with van der Waals surface area (Å²) in [6.07, 6.45) is 3.05. The Morgan fingerprint density at radius 2 is 1.23 bits per heavy atom. The van der Waals surface area contributed by atoms with Crippen LogP contribution in [0.1, 0.15) is 177 Å². The number of likely N-dealkylation sites (N-methyl/N-ethyl adjacent to an activating group) is 6. The Balaban J connectivity index is 1.35. The second kappa shape index (κ2) is 31.2. The summed E-state index contributed by atoms with van der Waals surface area (Å²) < 4.78 is 41.8. The highest BCUT2D eigenvalue weighted by Crippen LogP contribution is 2.44. The highest BCUT2D eigenvalue weighted by atomic mass is 35.5. The van der Waals surface area contributed by atoms with Gasteiger partial charge in [-0.25, -0.2) is 0 Å². The van der Waals surface area contributed by atoms with E-state index in [2.05, 4.69) is 16.0 Å². The summed E-state index contributed by atoms with van der Waals surface area (Å²) in [5.41, 5.74) is -1.47. The number of hydrogen-bond donors (Lipinski definition) is 3. The minimum atomic E-state index is -4.49. The number of nitrogens with zero attached hydrogens (tertiary/aromatic N) is 8. The Hall–Kier alpha value is -5.75. The molecule has 26 heteroatoms. The first kappa shape index (κ1) is 73.3. The van der Waals surface area contributed by atoms with Gasteiger partial charge in [0.1, 0.15) is 53.9 Å². The van der Waals surface area contributed by atoms with Gasteiger partial charge in [-0.2, -0.15) is 13.2 Å². The third-order valence-corrected chi connectivity index (χ3v) is 21.6. The van der Waals surface area contributed by atoms with Crippen LogP contribution in [0.4, 0.5) is 13.2 Å². The van der Waals surface area contributed by atoms with Gasteiger partial charge >= 0.3 is 6.18 Å². The van der Waals surface area contributed by atoms with E-state index in [4.69, 9.17) is 11.6 Å². The Labute approximate surface area is 535 Å². The minimum absolute atomic E-state index is 0.0170. The smallest absolute Gasteiger partial charge is 0.343 e. The van der Waals surface area contributed by atoms with Crippen molar-refractivity contribution in [1.82, 2.24) is 55.1 Å². The molecule has 6 fully saturated rings. The Morgan fingerprint density at radius 3 is 1.81 bits per heavy atom. The van der Waals surface area contributed by atoms with Crippen LogP contribution in [0, 0.1) is 29.6 Å². The number of hydrogen-bond acceptors (Lipinski definition) is 11. The first-order valence-electron chi connectivity index (χ1n) is 33.0. The van der Waals surface area contributed by atoms with Gasteiger partial charge in [-0.15, -0.1) is 11.6 Å². The van der Waals surface area contributed by atoms with E-state index in [-0.39, 0.29) is 95.6 Å². The lowest BCUT2D eigenvalue weighted by Crippen LogP contribution is -2.65. The van der Waals surface area contributed by atoms with Crippen molar-refractivity contribution < 1.29 is 65.9 Å². The molecule has 3 aliphatic heterocycles. The van der Waals surface area contributed by atoms with E-state index in [1.165, 1.54) is 95.3 Å². The van der Waals surface area contributed by atoms with Crippen LogP contribution in [0.3, 0.4) is 0 Å². The SMILES string of the molecule is CC[C@H](C)[C@@H]1NC(=O)[C@H](C)N(C)C(=O)C[C@@H](C)N(C)C(=O)[C@H](C(C)C)N(C)C(=O)C2(CCCC2)NC(=O)[C@@H]2CCCN2C(=O)[C@H](CCC2CCC(C(F)(F)F)C(Cl)C2)NC(=O)CN(C)C(=O)[C@H](CC2CCCCC2)N(C)C(=O)[C@@H]2CCN2C(=O)[C@H](C)N(C)C1=O. The third kappa shape index (κ3) is 16.9. The van der Waals surface area contributed by atoms with E-state index in [1.807, 2.05) is 6.92 Å². The van der Waals surface area contributed by atoms with Crippen LogP contribution in [0.2, 0.25) is 0 Å². The molecule has 6 aliphatic rings. The lowest BCUT2D eigenvalue weighted by molar-refractivity contribution is -0.182. The van der Waals surface area contributed by atoms with Crippen molar-refractivity contribution in [2.24, 2.45) is 29.6 Å². The minimum Gasteiger partial charge on any atom is -0.343 e. The molecule has 508 valence electrons. The average molecular weight is 1300 g/mol. The van der Waals surface area contributed by atoms with Crippen molar-refractivity contribution in [3.05, 3.63) is 0 Å². The average Bonchev–Trinajstić information content (AvgIpc) is 1.35. The van der Waals surface area contributed by atoms with Crippen molar-refractivity contribution in [3.8, 4) is 0 Å². The van der Waals surface area contributed by atoms with Crippen LogP contribution in [0.25, 0.3) is 0 Å². The molecular weight excluding hydrogens is 1190 g/mol. The van der Waals surface area contributed by atoms with E-state index in [9.17, 15) is 56.3 Å².